The fraction of sp³-hybridized carbons (Fsp3) is 0.294. The number of hydrogen-bond acceptors (Lipinski definition) is 4. The lowest BCUT2D eigenvalue weighted by Crippen LogP contribution is -2.11. The van der Waals surface area contributed by atoms with Crippen molar-refractivity contribution in [2.45, 2.75) is 26.2 Å². The second kappa shape index (κ2) is 5.89. The van der Waals surface area contributed by atoms with Crippen LogP contribution >= 0.6 is 34.3 Å². The van der Waals surface area contributed by atoms with Crippen molar-refractivity contribution in [2.24, 2.45) is 5.92 Å². The molecule has 0 saturated heterocycles. The van der Waals surface area contributed by atoms with Gasteiger partial charge in [0, 0.05) is 15.0 Å². The standard InChI is InChI=1S/C17H15ClN2OS2/c1-9-6-7-11-13(8-9)23-17(19-11)20-16(21)15-14(18)10-4-2-3-5-12(10)22-15/h2-5,9H,6-8H2,1H3,(H,19,20,21)/t9-/m0/s1. The van der Waals surface area contributed by atoms with Gasteiger partial charge in [-0.1, -0.05) is 36.7 Å². The summed E-state index contributed by atoms with van der Waals surface area (Å²) in [5.74, 6) is 0.527. The maximum absolute atomic E-state index is 12.6. The third-order valence-electron chi connectivity index (χ3n) is 4.15. The van der Waals surface area contributed by atoms with Crippen LogP contribution in [-0.2, 0) is 12.8 Å². The first kappa shape index (κ1) is 15.1. The zero-order chi connectivity index (χ0) is 16.0. The van der Waals surface area contributed by atoms with E-state index < -0.39 is 0 Å². The maximum Gasteiger partial charge on any atom is 0.269 e. The van der Waals surface area contributed by atoms with Gasteiger partial charge in [-0.15, -0.1) is 22.7 Å². The molecule has 2 aromatic heterocycles. The number of hydrogen-bond donors (Lipinski definition) is 1. The molecule has 0 saturated carbocycles. The van der Waals surface area contributed by atoms with E-state index in [0.29, 0.717) is 20.9 Å². The molecule has 1 N–H and O–H groups in total. The molecule has 0 bridgehead atoms. The molecule has 1 atom stereocenters. The number of nitrogens with zero attached hydrogens (tertiary/aromatic N) is 1. The number of fused-ring (bicyclic) bond motifs is 2. The molecule has 0 radical (unpaired) electrons. The first-order valence-corrected chi connectivity index (χ1v) is 9.60. The molecule has 2 heterocycles. The number of benzene rings is 1. The Kier molecular flexibility index (Phi) is 3.87. The number of carbonyl (C=O) groups is 1. The molecule has 6 heteroatoms. The molecular weight excluding hydrogens is 348 g/mol. The van der Waals surface area contributed by atoms with Gasteiger partial charge in [-0.05, 0) is 31.2 Å². The number of halogens is 1. The Balaban J connectivity index is 1.61. The lowest BCUT2D eigenvalue weighted by molar-refractivity contribution is 0.103. The number of aromatic nitrogens is 1. The SMILES string of the molecule is C[C@H]1CCc2nc(NC(=O)c3sc4ccccc4c3Cl)sc2C1. The van der Waals surface area contributed by atoms with Gasteiger partial charge in [0.1, 0.15) is 4.88 Å². The highest BCUT2D eigenvalue weighted by Crippen LogP contribution is 2.36. The van der Waals surface area contributed by atoms with Gasteiger partial charge in [0.15, 0.2) is 5.13 Å². The molecule has 0 aliphatic heterocycles. The first-order chi connectivity index (χ1) is 11.1. The minimum atomic E-state index is -0.171. The summed E-state index contributed by atoms with van der Waals surface area (Å²) in [7, 11) is 0. The molecule has 1 amide bonds. The predicted molar refractivity (Wildman–Crippen MR) is 98.1 cm³/mol. The molecular formula is C17H15ClN2OS2. The molecule has 1 aliphatic carbocycles. The van der Waals surface area contributed by atoms with E-state index in [-0.39, 0.29) is 5.91 Å². The molecule has 1 aliphatic rings. The summed E-state index contributed by atoms with van der Waals surface area (Å²) in [6.45, 7) is 2.26. The van der Waals surface area contributed by atoms with Gasteiger partial charge >= 0.3 is 0 Å². The van der Waals surface area contributed by atoms with E-state index in [4.69, 9.17) is 11.6 Å². The van der Waals surface area contributed by atoms with E-state index in [1.165, 1.54) is 22.6 Å². The highest BCUT2D eigenvalue weighted by molar-refractivity contribution is 7.22. The highest BCUT2D eigenvalue weighted by Gasteiger charge is 2.22. The lowest BCUT2D eigenvalue weighted by atomic mass is 9.93. The smallest absolute Gasteiger partial charge is 0.269 e. The van der Waals surface area contributed by atoms with Crippen molar-refractivity contribution in [2.75, 3.05) is 5.32 Å². The molecule has 3 aromatic rings. The summed E-state index contributed by atoms with van der Waals surface area (Å²) in [6, 6.07) is 7.80. The van der Waals surface area contributed by atoms with Crippen LogP contribution in [0.3, 0.4) is 0 Å². The summed E-state index contributed by atoms with van der Waals surface area (Å²) in [6.07, 6.45) is 3.24. The van der Waals surface area contributed by atoms with Gasteiger partial charge in [0.05, 0.1) is 10.7 Å². The number of aryl methyl sites for hydroxylation is 1. The number of carbonyl (C=O) groups excluding carboxylic acids is 1. The summed E-state index contributed by atoms with van der Waals surface area (Å²) >= 11 is 9.38. The van der Waals surface area contributed by atoms with Gasteiger partial charge in [-0.2, -0.15) is 0 Å². The number of thiazole rings is 1. The van der Waals surface area contributed by atoms with Crippen molar-refractivity contribution in [3.8, 4) is 0 Å². The minimum absolute atomic E-state index is 0.171. The van der Waals surface area contributed by atoms with Crippen LogP contribution in [0, 0.1) is 5.92 Å². The number of thiophene rings is 1. The quantitative estimate of drug-likeness (QED) is 0.664. The third-order valence-corrected chi connectivity index (χ3v) is 6.86. The van der Waals surface area contributed by atoms with Crippen molar-refractivity contribution in [1.29, 1.82) is 0 Å². The van der Waals surface area contributed by atoms with Gasteiger partial charge in [-0.3, -0.25) is 10.1 Å². The van der Waals surface area contributed by atoms with Gasteiger partial charge in [0.25, 0.3) is 5.91 Å². The van der Waals surface area contributed by atoms with E-state index >= 15 is 0 Å². The van der Waals surface area contributed by atoms with E-state index in [1.807, 2.05) is 24.3 Å². The fourth-order valence-corrected chi connectivity index (χ4v) is 5.49. The van der Waals surface area contributed by atoms with Crippen molar-refractivity contribution in [3.63, 3.8) is 0 Å². The zero-order valence-corrected chi connectivity index (χ0v) is 14.9. The maximum atomic E-state index is 12.6. The average molecular weight is 363 g/mol. The average Bonchev–Trinajstić information content (AvgIpc) is 3.08. The van der Waals surface area contributed by atoms with Crippen LogP contribution in [0.1, 0.15) is 33.6 Å². The summed E-state index contributed by atoms with van der Waals surface area (Å²) in [5.41, 5.74) is 1.14. The van der Waals surface area contributed by atoms with Crippen LogP contribution in [0.2, 0.25) is 5.02 Å². The first-order valence-electron chi connectivity index (χ1n) is 7.59. The van der Waals surface area contributed by atoms with Crippen LogP contribution in [0.5, 0.6) is 0 Å². The van der Waals surface area contributed by atoms with E-state index in [0.717, 1.165) is 28.6 Å². The Hall–Kier alpha value is -1.43. The van der Waals surface area contributed by atoms with Crippen molar-refractivity contribution in [1.82, 2.24) is 4.98 Å². The molecule has 0 unspecified atom stereocenters. The van der Waals surface area contributed by atoms with Gasteiger partial charge < -0.3 is 0 Å². The predicted octanol–water partition coefficient (Wildman–Crippen LogP) is 5.39. The molecule has 23 heavy (non-hydrogen) atoms. The molecule has 4 rings (SSSR count). The second-order valence-electron chi connectivity index (χ2n) is 5.93. The van der Waals surface area contributed by atoms with Crippen molar-refractivity contribution < 1.29 is 4.79 Å². The van der Waals surface area contributed by atoms with Crippen LogP contribution in [-0.4, -0.2) is 10.9 Å². The largest absolute Gasteiger partial charge is 0.297 e. The van der Waals surface area contributed by atoms with E-state index in [1.54, 1.807) is 11.3 Å². The summed E-state index contributed by atoms with van der Waals surface area (Å²) < 4.78 is 1.02. The van der Waals surface area contributed by atoms with E-state index in [9.17, 15) is 4.79 Å². The molecule has 3 nitrogen and oxygen atoms in total. The van der Waals surface area contributed by atoms with Crippen LogP contribution < -0.4 is 5.32 Å². The van der Waals surface area contributed by atoms with Gasteiger partial charge in [-0.25, -0.2) is 4.98 Å². The number of rotatable bonds is 2. The Morgan fingerprint density at radius 2 is 2.17 bits per heavy atom. The molecule has 0 fully saturated rings. The Bertz CT molecular complexity index is 899. The molecule has 1 aromatic carbocycles. The number of anilines is 1. The van der Waals surface area contributed by atoms with Gasteiger partial charge in [0.2, 0.25) is 0 Å². The monoisotopic (exact) mass is 362 g/mol. The lowest BCUT2D eigenvalue weighted by Gasteiger charge is -2.15. The summed E-state index contributed by atoms with van der Waals surface area (Å²) in [5, 5.41) is 5.06. The summed E-state index contributed by atoms with van der Waals surface area (Å²) in [4.78, 5) is 19.0. The normalized spacial score (nSPS) is 17.2. The third kappa shape index (κ3) is 2.77. The Labute approximate surface area is 147 Å². The Morgan fingerprint density at radius 3 is 3.00 bits per heavy atom. The van der Waals surface area contributed by atoms with Crippen molar-refractivity contribution >= 4 is 55.4 Å². The van der Waals surface area contributed by atoms with Crippen molar-refractivity contribution in [3.05, 3.63) is 44.7 Å². The highest BCUT2D eigenvalue weighted by atomic mass is 35.5. The molecule has 118 valence electrons. The zero-order valence-electron chi connectivity index (χ0n) is 12.6. The van der Waals surface area contributed by atoms with Crippen LogP contribution in [0.4, 0.5) is 5.13 Å². The number of amides is 1. The topological polar surface area (TPSA) is 42.0 Å². The Morgan fingerprint density at radius 1 is 1.35 bits per heavy atom. The number of nitrogens with one attached hydrogen (secondary N) is 1. The minimum Gasteiger partial charge on any atom is -0.297 e. The molecule has 0 spiro atoms. The van der Waals surface area contributed by atoms with Crippen LogP contribution in [0.15, 0.2) is 24.3 Å². The van der Waals surface area contributed by atoms with Crippen LogP contribution in [0.25, 0.3) is 10.1 Å². The second-order valence-corrected chi connectivity index (χ2v) is 8.45. The van der Waals surface area contributed by atoms with E-state index in [2.05, 4.69) is 17.2 Å². The fourth-order valence-electron chi connectivity index (χ4n) is 2.91.